The van der Waals surface area contributed by atoms with Crippen LogP contribution in [0.1, 0.15) is 139 Å². The molecule has 1 unspecified atom stereocenters. The fraction of sp³-hybridized carbons (Fsp3) is 0.441. The highest BCUT2D eigenvalue weighted by Crippen LogP contribution is 2.60. The Morgan fingerprint density at radius 3 is 2.42 bits per heavy atom. The number of nitrogens with zero attached hydrogens (tertiary/aromatic N) is 7. The second-order valence-electron chi connectivity index (χ2n) is 22.4. The van der Waals surface area contributed by atoms with E-state index in [9.17, 15) is 24.0 Å². The Morgan fingerprint density at radius 2 is 1.62 bits per heavy atom. The van der Waals surface area contributed by atoms with Gasteiger partial charge in [0.15, 0.2) is 5.13 Å². The summed E-state index contributed by atoms with van der Waals surface area (Å²) in [5.41, 5.74) is 9.02. The van der Waals surface area contributed by atoms with E-state index in [4.69, 9.17) is 10.1 Å². The zero-order valence-electron chi connectivity index (χ0n) is 43.3. The first kappa shape index (κ1) is 49.6. The SMILES string of the molecule is Cc1c(-c2ccc(N3CCc4cccc(C(=O)Nc5nc6ccccc6s5)c4C3)nc2C(=O)NCCCCCCCC(=O)Nc2ccc3c(C4CCC(=O)NC4=O)nn(C)c3c2)cnn1CC12CC3CC(CC(C3)C1)C2. The van der Waals surface area contributed by atoms with Crippen molar-refractivity contribution in [3.8, 4) is 11.1 Å². The number of amides is 5. The van der Waals surface area contributed by atoms with E-state index in [0.717, 1.165) is 112 Å². The second-order valence-corrected chi connectivity index (χ2v) is 23.4. The molecule has 4 aliphatic carbocycles. The summed E-state index contributed by atoms with van der Waals surface area (Å²) in [5, 5.41) is 22.7. The van der Waals surface area contributed by atoms with E-state index in [0.29, 0.717) is 71.5 Å². The van der Waals surface area contributed by atoms with Crippen LogP contribution in [0.4, 0.5) is 16.6 Å². The largest absolute Gasteiger partial charge is 0.352 e. The minimum absolute atomic E-state index is 0.0708. The Balaban J connectivity index is 0.689. The number of benzene rings is 3. The summed E-state index contributed by atoms with van der Waals surface area (Å²) >= 11 is 1.46. The van der Waals surface area contributed by atoms with Gasteiger partial charge in [0.2, 0.25) is 17.7 Å². The van der Waals surface area contributed by atoms with Gasteiger partial charge < -0.3 is 15.5 Å². The van der Waals surface area contributed by atoms with Crippen molar-refractivity contribution in [3.63, 3.8) is 0 Å². The molecule has 13 rings (SSSR count). The van der Waals surface area contributed by atoms with Crippen LogP contribution in [-0.2, 0) is 40.9 Å². The molecule has 2 aliphatic heterocycles. The number of rotatable bonds is 17. The second kappa shape index (κ2) is 20.7. The van der Waals surface area contributed by atoms with Gasteiger partial charge in [-0.2, -0.15) is 10.2 Å². The minimum Gasteiger partial charge on any atom is -0.352 e. The predicted molar refractivity (Wildman–Crippen MR) is 294 cm³/mol. The Labute approximate surface area is 445 Å². The van der Waals surface area contributed by atoms with Gasteiger partial charge in [-0.25, -0.2) is 9.97 Å². The molecule has 0 radical (unpaired) electrons. The average molecular weight is 1040 g/mol. The van der Waals surface area contributed by atoms with Crippen LogP contribution in [0.3, 0.4) is 0 Å². The predicted octanol–water partition coefficient (Wildman–Crippen LogP) is 10.0. The molecule has 6 heterocycles. The maximum Gasteiger partial charge on any atom is 0.270 e. The van der Waals surface area contributed by atoms with Gasteiger partial charge in [0.1, 0.15) is 11.5 Å². The van der Waals surface area contributed by atoms with Crippen molar-refractivity contribution in [2.45, 2.75) is 122 Å². The van der Waals surface area contributed by atoms with E-state index in [-0.39, 0.29) is 36.0 Å². The quantitative estimate of drug-likeness (QED) is 0.0503. The number of piperidine rings is 1. The highest BCUT2D eigenvalue weighted by molar-refractivity contribution is 7.22. The van der Waals surface area contributed by atoms with Gasteiger partial charge >= 0.3 is 0 Å². The van der Waals surface area contributed by atoms with Gasteiger partial charge in [-0.3, -0.25) is 44.0 Å². The summed E-state index contributed by atoms with van der Waals surface area (Å²) in [6, 6.07) is 23.4. The lowest BCUT2D eigenvalue weighted by Crippen LogP contribution is -2.48. The van der Waals surface area contributed by atoms with Crippen LogP contribution in [0.25, 0.3) is 32.2 Å². The smallest absolute Gasteiger partial charge is 0.270 e. The van der Waals surface area contributed by atoms with Crippen molar-refractivity contribution in [2.75, 3.05) is 28.6 Å². The van der Waals surface area contributed by atoms with Gasteiger partial charge in [0.25, 0.3) is 11.8 Å². The molecule has 16 nitrogen and oxygen atoms in total. The molecule has 1 atom stereocenters. The van der Waals surface area contributed by atoms with Crippen LogP contribution in [-0.4, -0.2) is 72.2 Å². The number of carbonyl (C=O) groups is 5. The summed E-state index contributed by atoms with van der Waals surface area (Å²) in [6.07, 6.45) is 16.0. The molecule has 6 aliphatic rings. The van der Waals surface area contributed by atoms with Gasteiger partial charge in [-0.15, -0.1) is 0 Å². The Kier molecular flexibility index (Phi) is 13.5. The van der Waals surface area contributed by atoms with Gasteiger partial charge in [-0.05, 0) is 154 Å². The van der Waals surface area contributed by atoms with E-state index >= 15 is 0 Å². The molecule has 4 aromatic heterocycles. The lowest BCUT2D eigenvalue weighted by molar-refractivity contribution is -0.134. The van der Waals surface area contributed by atoms with E-state index in [2.05, 4.69) is 53.9 Å². The number of fused-ring (bicyclic) bond motifs is 3. The number of para-hydroxylation sites is 1. The van der Waals surface area contributed by atoms with E-state index < -0.39 is 5.92 Å². The van der Waals surface area contributed by atoms with E-state index in [1.54, 1.807) is 4.68 Å². The first-order valence-electron chi connectivity index (χ1n) is 27.4. The molecule has 1 saturated heterocycles. The third kappa shape index (κ3) is 10.0. The molecule has 4 saturated carbocycles. The zero-order chi connectivity index (χ0) is 52.1. The number of aromatic nitrogens is 6. The summed E-state index contributed by atoms with van der Waals surface area (Å²) < 4.78 is 4.92. The molecule has 4 bridgehead atoms. The van der Waals surface area contributed by atoms with Crippen LogP contribution in [0.5, 0.6) is 0 Å². The number of imide groups is 1. The standard InChI is InChI=1S/C59H65N11O5S/c1-35-45(32-61-70(35)34-59-29-36-25-37(30-59)27-38(26-36)31-59)41-18-20-50(69-24-22-39-11-10-12-42(46(39)33-69)55(73)66-58-63-47-13-7-8-14-49(47)76-58)64-54(41)57(75)60-23-9-5-3-4-6-15-51(71)62-40-16-17-43-48(28-40)68(2)67-53(43)44-19-21-52(72)65-56(44)74/h7-8,10-14,16-18,20,28,32,36-38,44H,3-6,9,15,19,21-27,29-31,33-34H2,1-2H3,(H,60,75)(H,62,71)(H,63,66,73)(H,65,72,74). The molecule has 4 N–H and O–H groups in total. The normalized spacial score (nSPS) is 21.7. The number of anilines is 3. The molecule has 76 heavy (non-hydrogen) atoms. The molecule has 5 fully saturated rings. The number of unbranched alkanes of at least 4 members (excludes halogenated alkanes) is 4. The highest BCUT2D eigenvalue weighted by Gasteiger charge is 2.51. The maximum atomic E-state index is 14.5. The van der Waals surface area contributed by atoms with Crippen LogP contribution in [0, 0.1) is 30.1 Å². The molecule has 7 aromatic rings. The van der Waals surface area contributed by atoms with Gasteiger partial charge in [-0.1, -0.05) is 54.9 Å². The van der Waals surface area contributed by atoms with Crippen molar-refractivity contribution < 1.29 is 24.0 Å². The number of nitrogens with one attached hydrogen (secondary N) is 4. The number of thiazole rings is 1. The summed E-state index contributed by atoms with van der Waals surface area (Å²) in [7, 11) is 1.81. The monoisotopic (exact) mass is 1040 g/mol. The first-order valence-corrected chi connectivity index (χ1v) is 28.2. The summed E-state index contributed by atoms with van der Waals surface area (Å²) in [4.78, 5) is 77.6. The molecule has 392 valence electrons. The lowest BCUT2D eigenvalue weighted by Gasteiger charge is -2.56. The van der Waals surface area contributed by atoms with E-state index in [1.807, 2.05) is 80.0 Å². The van der Waals surface area contributed by atoms with Crippen LogP contribution >= 0.6 is 11.3 Å². The first-order chi connectivity index (χ1) is 36.9. The number of hydrogen-bond donors (Lipinski definition) is 4. The van der Waals surface area contributed by atoms with Crippen LogP contribution < -0.4 is 26.2 Å². The lowest BCUT2D eigenvalue weighted by atomic mass is 9.49. The summed E-state index contributed by atoms with van der Waals surface area (Å²) in [6.45, 7) is 4.68. The topological polar surface area (TPSA) is 198 Å². The third-order valence-corrected chi connectivity index (χ3v) is 18.0. The number of aryl methyl sites for hydroxylation is 1. The maximum absolute atomic E-state index is 14.5. The van der Waals surface area contributed by atoms with Crippen molar-refractivity contribution in [1.82, 2.24) is 40.2 Å². The molecule has 5 amide bonds. The van der Waals surface area contributed by atoms with Crippen LogP contribution in [0.2, 0.25) is 0 Å². The molecular formula is C59H65N11O5S. The fourth-order valence-corrected chi connectivity index (χ4v) is 14.7. The third-order valence-electron chi connectivity index (χ3n) is 17.1. The van der Waals surface area contributed by atoms with Gasteiger partial charge in [0.05, 0.1) is 33.5 Å². The van der Waals surface area contributed by atoms with E-state index in [1.165, 1.54) is 49.9 Å². The fourth-order valence-electron chi connectivity index (χ4n) is 13.8. The van der Waals surface area contributed by atoms with Gasteiger partial charge in [0, 0.05) is 79.5 Å². The molecular weight excluding hydrogens is 975 g/mol. The van der Waals surface area contributed by atoms with Crippen molar-refractivity contribution in [2.24, 2.45) is 30.2 Å². The number of carbonyl (C=O) groups excluding carboxylic acids is 5. The van der Waals surface area contributed by atoms with Crippen molar-refractivity contribution in [3.05, 3.63) is 113 Å². The highest BCUT2D eigenvalue weighted by atomic mass is 32.1. The molecule has 3 aromatic carbocycles. The molecule has 17 heteroatoms. The Hall–Kier alpha value is -7.27. The Morgan fingerprint density at radius 1 is 0.829 bits per heavy atom. The van der Waals surface area contributed by atoms with Crippen molar-refractivity contribution >= 4 is 78.6 Å². The average Bonchev–Trinajstić information content (AvgIpc) is 4.15. The summed E-state index contributed by atoms with van der Waals surface area (Å²) in [5.74, 6) is 1.63. The van der Waals surface area contributed by atoms with Crippen LogP contribution in [0.15, 0.2) is 79.0 Å². The number of pyridine rings is 1. The van der Waals surface area contributed by atoms with Crippen molar-refractivity contribution in [1.29, 1.82) is 0 Å². The molecule has 0 spiro atoms. The Bertz CT molecular complexity index is 3360. The zero-order valence-corrected chi connectivity index (χ0v) is 44.1. The minimum atomic E-state index is -0.493. The number of hydrogen-bond acceptors (Lipinski definition) is 11.